The van der Waals surface area contributed by atoms with E-state index in [-0.39, 0.29) is 9.90 Å². The fourth-order valence-electron chi connectivity index (χ4n) is 2.40. The maximum atomic E-state index is 12.5. The molecule has 1 fully saturated rings. The number of nitro groups is 1. The number of piperazine rings is 1. The van der Waals surface area contributed by atoms with E-state index < -0.39 is 14.9 Å². The topological polar surface area (TPSA) is 102 Å². The van der Waals surface area contributed by atoms with Crippen molar-refractivity contribution in [2.75, 3.05) is 26.2 Å². The molecule has 24 heavy (non-hydrogen) atoms. The van der Waals surface area contributed by atoms with Gasteiger partial charge in [-0.1, -0.05) is 11.6 Å². The minimum atomic E-state index is -3.52. The maximum absolute atomic E-state index is 12.5. The average Bonchev–Trinajstić information content (AvgIpc) is 3.17. The van der Waals surface area contributed by atoms with Gasteiger partial charge in [0, 0.05) is 26.2 Å². The molecule has 0 aliphatic carbocycles. The number of rotatable bonds is 5. The highest BCUT2D eigenvalue weighted by atomic mass is 35.5. The molecule has 3 heterocycles. The highest BCUT2D eigenvalue weighted by molar-refractivity contribution is 7.91. The van der Waals surface area contributed by atoms with Gasteiger partial charge in [-0.25, -0.2) is 8.42 Å². The highest BCUT2D eigenvalue weighted by Gasteiger charge is 2.29. The lowest BCUT2D eigenvalue weighted by atomic mass is 10.4. The first kappa shape index (κ1) is 17.3. The molecule has 9 nitrogen and oxygen atoms in total. The molecule has 0 aromatic carbocycles. The van der Waals surface area contributed by atoms with Crippen LogP contribution < -0.4 is 0 Å². The van der Waals surface area contributed by atoms with Gasteiger partial charge >= 0.3 is 5.69 Å². The van der Waals surface area contributed by atoms with Crippen molar-refractivity contribution in [2.45, 2.75) is 10.9 Å². The van der Waals surface area contributed by atoms with Crippen molar-refractivity contribution in [3.8, 4) is 0 Å². The van der Waals surface area contributed by atoms with Crippen LogP contribution in [0.1, 0.15) is 0 Å². The van der Waals surface area contributed by atoms with E-state index in [1.165, 1.54) is 27.4 Å². The minimum Gasteiger partial charge on any atom is -0.282 e. The second-order valence-corrected chi connectivity index (χ2v) is 9.10. The zero-order valence-corrected chi connectivity index (χ0v) is 14.8. The van der Waals surface area contributed by atoms with E-state index in [4.69, 9.17) is 11.6 Å². The Kier molecular flexibility index (Phi) is 4.88. The fraction of sp³-hybridized carbons (Fsp3) is 0.417. The molecule has 0 amide bonds. The third-order valence-corrected chi connectivity index (χ3v) is 7.25. The van der Waals surface area contributed by atoms with E-state index >= 15 is 0 Å². The van der Waals surface area contributed by atoms with Crippen molar-refractivity contribution >= 4 is 38.6 Å². The Morgan fingerprint density at radius 1 is 1.29 bits per heavy atom. The molecule has 2 aromatic heterocycles. The molecule has 0 spiro atoms. The van der Waals surface area contributed by atoms with Gasteiger partial charge in [0.05, 0.1) is 15.9 Å². The summed E-state index contributed by atoms with van der Waals surface area (Å²) >= 11 is 6.85. The molecule has 0 saturated carbocycles. The Morgan fingerprint density at radius 2 is 2.00 bits per heavy atom. The van der Waals surface area contributed by atoms with E-state index in [0.717, 1.165) is 11.3 Å². The van der Waals surface area contributed by atoms with Gasteiger partial charge in [-0.2, -0.15) is 9.40 Å². The lowest BCUT2D eigenvalue weighted by Gasteiger charge is -2.33. The summed E-state index contributed by atoms with van der Waals surface area (Å²) in [5.41, 5.74) is -0.0641. The molecular formula is C12H14ClN5O4S2. The summed E-state index contributed by atoms with van der Waals surface area (Å²) in [5.74, 6) is 0. The molecule has 0 unspecified atom stereocenters. The van der Waals surface area contributed by atoms with E-state index in [1.54, 1.807) is 6.07 Å². The zero-order chi connectivity index (χ0) is 17.3. The maximum Gasteiger partial charge on any atom is 0.307 e. The number of halogens is 1. The number of sulfonamides is 1. The van der Waals surface area contributed by atoms with E-state index in [2.05, 4.69) is 5.10 Å². The Morgan fingerprint density at radius 3 is 2.54 bits per heavy atom. The lowest BCUT2D eigenvalue weighted by Crippen LogP contribution is -2.48. The lowest BCUT2D eigenvalue weighted by molar-refractivity contribution is -0.385. The number of aromatic nitrogens is 2. The molecule has 0 radical (unpaired) electrons. The Labute approximate surface area is 147 Å². The van der Waals surface area contributed by atoms with Gasteiger partial charge in [0.1, 0.15) is 16.6 Å². The van der Waals surface area contributed by atoms with Crippen molar-refractivity contribution in [3.63, 3.8) is 0 Å². The quantitative estimate of drug-likeness (QED) is 0.565. The molecule has 0 atom stereocenters. The van der Waals surface area contributed by atoms with Gasteiger partial charge in [0.15, 0.2) is 0 Å². The van der Waals surface area contributed by atoms with Gasteiger partial charge in [-0.05, 0) is 12.1 Å². The molecule has 3 rings (SSSR count). The number of hydrogen-bond acceptors (Lipinski definition) is 7. The van der Waals surface area contributed by atoms with Gasteiger partial charge in [-0.3, -0.25) is 19.7 Å². The van der Waals surface area contributed by atoms with Crippen molar-refractivity contribution < 1.29 is 13.3 Å². The van der Waals surface area contributed by atoms with Crippen LogP contribution in [0.15, 0.2) is 28.7 Å². The summed E-state index contributed by atoms with van der Waals surface area (Å²) in [6, 6.07) is 3.08. The smallest absolute Gasteiger partial charge is 0.282 e. The van der Waals surface area contributed by atoms with Crippen LogP contribution in [0.5, 0.6) is 0 Å². The number of nitrogens with zero attached hydrogens (tertiary/aromatic N) is 5. The number of hydrogen-bond donors (Lipinski definition) is 0. The second kappa shape index (κ2) is 6.76. The molecule has 2 aromatic rings. The second-order valence-electron chi connectivity index (χ2n) is 5.22. The zero-order valence-electron chi connectivity index (χ0n) is 12.4. The van der Waals surface area contributed by atoms with Gasteiger partial charge < -0.3 is 0 Å². The highest BCUT2D eigenvalue weighted by Crippen LogP contribution is 2.28. The van der Waals surface area contributed by atoms with Crippen LogP contribution in [0.3, 0.4) is 0 Å². The molecule has 12 heteroatoms. The summed E-state index contributed by atoms with van der Waals surface area (Å²) < 4.78 is 28.6. The van der Waals surface area contributed by atoms with Gasteiger partial charge in [0.25, 0.3) is 10.0 Å². The molecule has 1 aliphatic heterocycles. The van der Waals surface area contributed by atoms with Crippen LogP contribution in [-0.4, -0.2) is 58.5 Å². The van der Waals surface area contributed by atoms with E-state index in [1.807, 2.05) is 4.90 Å². The standard InChI is InChI=1S/C12H14ClN5O4S2/c13-11-1-2-12(23-11)24(21,22)17-5-3-15(4-6-17)9-16-8-10(7-14-16)18(19)20/h1-2,7-8H,3-6,9H2. The van der Waals surface area contributed by atoms with Gasteiger partial charge in [0.2, 0.25) is 0 Å². The predicted molar refractivity (Wildman–Crippen MR) is 88.5 cm³/mol. The van der Waals surface area contributed by atoms with E-state index in [0.29, 0.717) is 37.2 Å². The summed E-state index contributed by atoms with van der Waals surface area (Å²) in [7, 11) is -3.52. The molecule has 1 saturated heterocycles. The van der Waals surface area contributed by atoms with Crippen molar-refractivity contribution in [1.82, 2.24) is 19.0 Å². The van der Waals surface area contributed by atoms with Crippen LogP contribution in [0.2, 0.25) is 4.34 Å². The van der Waals surface area contributed by atoms with Crippen LogP contribution in [-0.2, 0) is 16.7 Å². The normalized spacial score (nSPS) is 17.2. The van der Waals surface area contributed by atoms with Crippen molar-refractivity contribution in [1.29, 1.82) is 0 Å². The van der Waals surface area contributed by atoms with Crippen LogP contribution in [0.4, 0.5) is 5.69 Å². The monoisotopic (exact) mass is 391 g/mol. The van der Waals surface area contributed by atoms with Crippen LogP contribution in [0.25, 0.3) is 0 Å². The van der Waals surface area contributed by atoms with Gasteiger partial charge in [-0.15, -0.1) is 11.3 Å². The predicted octanol–water partition coefficient (Wildman–Crippen LogP) is 1.47. The minimum absolute atomic E-state index is 0.0641. The number of thiophene rings is 1. The average molecular weight is 392 g/mol. The fourth-order valence-corrected chi connectivity index (χ4v) is 5.46. The largest absolute Gasteiger partial charge is 0.307 e. The first-order chi connectivity index (χ1) is 11.4. The molecule has 130 valence electrons. The molecule has 0 N–H and O–H groups in total. The summed E-state index contributed by atoms with van der Waals surface area (Å²) in [5, 5.41) is 14.6. The summed E-state index contributed by atoms with van der Waals surface area (Å²) in [6.45, 7) is 2.12. The van der Waals surface area contributed by atoms with Crippen LogP contribution in [0, 0.1) is 10.1 Å². The molecule has 1 aliphatic rings. The molecular weight excluding hydrogens is 378 g/mol. The SMILES string of the molecule is O=[N+]([O-])c1cnn(CN2CCN(S(=O)(=O)c3ccc(Cl)s3)CC2)c1. The first-order valence-corrected chi connectivity index (χ1v) is 9.64. The third kappa shape index (κ3) is 3.59. The van der Waals surface area contributed by atoms with Crippen molar-refractivity contribution in [2.24, 2.45) is 0 Å². The van der Waals surface area contributed by atoms with E-state index in [9.17, 15) is 18.5 Å². The summed E-state index contributed by atoms with van der Waals surface area (Å²) in [6.07, 6.45) is 2.55. The summed E-state index contributed by atoms with van der Waals surface area (Å²) in [4.78, 5) is 12.1. The Bertz CT molecular complexity index is 841. The molecule has 0 bridgehead atoms. The first-order valence-electron chi connectivity index (χ1n) is 7.01. The third-order valence-electron chi connectivity index (χ3n) is 3.65. The Hall–Kier alpha value is -1.53. The Balaban J connectivity index is 1.60. The van der Waals surface area contributed by atoms with Crippen molar-refractivity contribution in [3.05, 3.63) is 39.0 Å². The van der Waals surface area contributed by atoms with Crippen LogP contribution >= 0.6 is 22.9 Å².